The Balaban J connectivity index is 1.90. The van der Waals surface area contributed by atoms with E-state index in [0.29, 0.717) is 5.56 Å². The Labute approximate surface area is 147 Å². The van der Waals surface area contributed by atoms with Crippen molar-refractivity contribution in [1.82, 2.24) is 5.32 Å². The van der Waals surface area contributed by atoms with E-state index in [2.05, 4.69) is 35.6 Å². The first-order chi connectivity index (χ1) is 11.4. The maximum absolute atomic E-state index is 12.6. The second-order valence-electron chi connectivity index (χ2n) is 6.81. The fraction of sp³-hybridized carbons (Fsp3) is 0.190. The third-order valence-electron chi connectivity index (χ3n) is 3.57. The lowest BCUT2D eigenvalue weighted by atomic mass is 10.1. The monoisotopic (exact) mass is 335 g/mol. The predicted molar refractivity (Wildman–Crippen MR) is 102 cm³/mol. The number of nitrogens with one attached hydrogen (secondary N) is 1. The van der Waals surface area contributed by atoms with Crippen LogP contribution in [0.3, 0.4) is 0 Å². The summed E-state index contributed by atoms with van der Waals surface area (Å²) >= 11 is 1.62. The SMILES string of the molecule is CC(C)(C)NC(=O)c1ccccc1Sc1ccc2ccccc2c1. The lowest BCUT2D eigenvalue weighted by molar-refractivity contribution is 0.0916. The summed E-state index contributed by atoms with van der Waals surface area (Å²) in [6, 6.07) is 22.4. The van der Waals surface area contributed by atoms with Crippen molar-refractivity contribution in [3.8, 4) is 0 Å². The van der Waals surface area contributed by atoms with Crippen molar-refractivity contribution in [3.63, 3.8) is 0 Å². The molecule has 0 aliphatic heterocycles. The minimum atomic E-state index is -0.252. The van der Waals surface area contributed by atoms with Gasteiger partial charge in [0.1, 0.15) is 0 Å². The second-order valence-corrected chi connectivity index (χ2v) is 7.93. The molecule has 0 spiro atoms. The van der Waals surface area contributed by atoms with Crippen molar-refractivity contribution in [2.75, 3.05) is 0 Å². The van der Waals surface area contributed by atoms with Crippen molar-refractivity contribution in [2.45, 2.75) is 36.1 Å². The average Bonchev–Trinajstić information content (AvgIpc) is 2.53. The highest BCUT2D eigenvalue weighted by molar-refractivity contribution is 7.99. The van der Waals surface area contributed by atoms with E-state index in [0.717, 1.165) is 9.79 Å². The van der Waals surface area contributed by atoms with Crippen LogP contribution in [0.15, 0.2) is 76.5 Å². The van der Waals surface area contributed by atoms with Gasteiger partial charge in [-0.3, -0.25) is 4.79 Å². The molecule has 1 N–H and O–H groups in total. The summed E-state index contributed by atoms with van der Waals surface area (Å²) in [5.74, 6) is -0.0358. The molecule has 3 rings (SSSR count). The van der Waals surface area contributed by atoms with Crippen molar-refractivity contribution >= 4 is 28.4 Å². The molecule has 0 aliphatic rings. The normalized spacial score (nSPS) is 11.5. The van der Waals surface area contributed by atoms with Crippen molar-refractivity contribution < 1.29 is 4.79 Å². The molecule has 1 amide bonds. The molecule has 0 atom stereocenters. The molecule has 0 bridgehead atoms. The Morgan fingerprint density at radius 1 is 0.875 bits per heavy atom. The van der Waals surface area contributed by atoms with Gasteiger partial charge in [-0.15, -0.1) is 0 Å². The fourth-order valence-electron chi connectivity index (χ4n) is 2.51. The summed E-state index contributed by atoms with van der Waals surface area (Å²) < 4.78 is 0. The lowest BCUT2D eigenvalue weighted by Crippen LogP contribution is -2.40. The maximum Gasteiger partial charge on any atom is 0.252 e. The number of fused-ring (bicyclic) bond motifs is 1. The molecule has 2 nitrogen and oxygen atoms in total. The van der Waals surface area contributed by atoms with Crippen LogP contribution in [0.2, 0.25) is 0 Å². The zero-order chi connectivity index (χ0) is 17.2. The first kappa shape index (κ1) is 16.6. The molecule has 0 radical (unpaired) electrons. The average molecular weight is 335 g/mol. The zero-order valence-corrected chi connectivity index (χ0v) is 15.0. The van der Waals surface area contributed by atoms with Gasteiger partial charge in [0.15, 0.2) is 0 Å². The molecule has 0 unspecified atom stereocenters. The van der Waals surface area contributed by atoms with Gasteiger partial charge >= 0.3 is 0 Å². The van der Waals surface area contributed by atoms with Crippen LogP contribution in [0.25, 0.3) is 10.8 Å². The standard InChI is InChI=1S/C21H21NOS/c1-21(2,3)22-20(23)18-10-6-7-11-19(18)24-17-13-12-15-8-4-5-9-16(15)14-17/h4-14H,1-3H3,(H,22,23). The number of benzene rings is 3. The van der Waals surface area contributed by atoms with Gasteiger partial charge in [0.2, 0.25) is 0 Å². The molecule has 0 heterocycles. The molecule has 122 valence electrons. The third kappa shape index (κ3) is 3.98. The van der Waals surface area contributed by atoms with E-state index in [1.807, 2.05) is 57.2 Å². The highest BCUT2D eigenvalue weighted by Crippen LogP contribution is 2.32. The van der Waals surface area contributed by atoms with Gasteiger partial charge < -0.3 is 5.32 Å². The van der Waals surface area contributed by atoms with E-state index in [1.165, 1.54) is 10.8 Å². The minimum Gasteiger partial charge on any atom is -0.347 e. The summed E-state index contributed by atoms with van der Waals surface area (Å²) in [5, 5.41) is 5.47. The largest absolute Gasteiger partial charge is 0.347 e. The van der Waals surface area contributed by atoms with E-state index in [-0.39, 0.29) is 11.4 Å². The second kappa shape index (κ2) is 6.70. The molecule has 0 saturated heterocycles. The topological polar surface area (TPSA) is 29.1 Å². The van der Waals surface area contributed by atoms with Crippen LogP contribution in [0, 0.1) is 0 Å². The number of amides is 1. The molecule has 0 aromatic heterocycles. The zero-order valence-electron chi connectivity index (χ0n) is 14.2. The van der Waals surface area contributed by atoms with Gasteiger partial charge in [0.25, 0.3) is 5.91 Å². The Kier molecular flexibility index (Phi) is 4.63. The number of rotatable bonds is 3. The number of hydrogen-bond acceptors (Lipinski definition) is 2. The molecule has 3 aromatic rings. The first-order valence-corrected chi connectivity index (χ1v) is 8.82. The van der Waals surface area contributed by atoms with Crippen LogP contribution < -0.4 is 5.32 Å². The highest BCUT2D eigenvalue weighted by Gasteiger charge is 2.18. The molecule has 0 saturated carbocycles. The van der Waals surface area contributed by atoms with Crippen LogP contribution >= 0.6 is 11.8 Å². The Bertz CT molecular complexity index is 880. The number of carbonyl (C=O) groups excluding carboxylic acids is 1. The molecule has 3 heteroatoms. The van der Waals surface area contributed by atoms with E-state index < -0.39 is 0 Å². The maximum atomic E-state index is 12.6. The minimum absolute atomic E-state index is 0.0358. The summed E-state index contributed by atoms with van der Waals surface area (Å²) in [4.78, 5) is 14.7. The van der Waals surface area contributed by atoms with Crippen LogP contribution in [0.1, 0.15) is 31.1 Å². The number of hydrogen-bond donors (Lipinski definition) is 1. The van der Waals surface area contributed by atoms with Gasteiger partial charge in [-0.1, -0.05) is 54.2 Å². The molecule has 3 aromatic carbocycles. The van der Waals surface area contributed by atoms with Crippen molar-refractivity contribution in [1.29, 1.82) is 0 Å². The van der Waals surface area contributed by atoms with Gasteiger partial charge in [-0.05, 0) is 55.8 Å². The first-order valence-electron chi connectivity index (χ1n) is 8.01. The summed E-state index contributed by atoms with van der Waals surface area (Å²) in [7, 11) is 0. The Hall–Kier alpha value is -2.26. The van der Waals surface area contributed by atoms with Crippen LogP contribution in [-0.4, -0.2) is 11.4 Å². The van der Waals surface area contributed by atoms with Gasteiger partial charge in [-0.2, -0.15) is 0 Å². The van der Waals surface area contributed by atoms with Crippen molar-refractivity contribution in [3.05, 3.63) is 72.3 Å². The quantitative estimate of drug-likeness (QED) is 0.683. The van der Waals surface area contributed by atoms with Crippen molar-refractivity contribution in [2.24, 2.45) is 0 Å². The lowest BCUT2D eigenvalue weighted by Gasteiger charge is -2.21. The van der Waals surface area contributed by atoms with E-state index in [4.69, 9.17) is 0 Å². The Morgan fingerprint density at radius 2 is 1.54 bits per heavy atom. The smallest absolute Gasteiger partial charge is 0.252 e. The van der Waals surface area contributed by atoms with Gasteiger partial charge in [0, 0.05) is 15.3 Å². The number of carbonyl (C=O) groups is 1. The summed E-state index contributed by atoms with van der Waals surface area (Å²) in [5.41, 5.74) is 0.461. The molecular weight excluding hydrogens is 314 g/mol. The van der Waals surface area contributed by atoms with E-state index >= 15 is 0 Å². The van der Waals surface area contributed by atoms with E-state index in [1.54, 1.807) is 11.8 Å². The summed E-state index contributed by atoms with van der Waals surface area (Å²) in [6.45, 7) is 5.97. The summed E-state index contributed by atoms with van der Waals surface area (Å²) in [6.07, 6.45) is 0. The van der Waals surface area contributed by atoms with E-state index in [9.17, 15) is 4.79 Å². The predicted octanol–water partition coefficient (Wildman–Crippen LogP) is 5.52. The van der Waals surface area contributed by atoms with Crippen LogP contribution in [-0.2, 0) is 0 Å². The fourth-order valence-corrected chi connectivity index (χ4v) is 3.50. The molecular formula is C21H21NOS. The third-order valence-corrected chi connectivity index (χ3v) is 4.63. The molecule has 24 heavy (non-hydrogen) atoms. The van der Waals surface area contributed by atoms with Gasteiger partial charge in [0.05, 0.1) is 5.56 Å². The Morgan fingerprint density at radius 3 is 2.29 bits per heavy atom. The van der Waals surface area contributed by atoms with Gasteiger partial charge in [-0.25, -0.2) is 0 Å². The molecule has 0 aliphatic carbocycles. The van der Waals surface area contributed by atoms with Crippen LogP contribution in [0.5, 0.6) is 0 Å². The molecule has 0 fully saturated rings. The van der Waals surface area contributed by atoms with Crippen LogP contribution in [0.4, 0.5) is 0 Å². The highest BCUT2D eigenvalue weighted by atomic mass is 32.2.